The monoisotopic (exact) mass is 225 g/mol. The molecule has 0 fully saturated rings. The van der Waals surface area contributed by atoms with Gasteiger partial charge in [0.15, 0.2) is 0 Å². The summed E-state index contributed by atoms with van der Waals surface area (Å²) < 4.78 is 4.23. The molecular weight excluding hydrogens is 210 g/mol. The van der Waals surface area contributed by atoms with Crippen molar-refractivity contribution in [1.82, 2.24) is 14.3 Å². The van der Waals surface area contributed by atoms with Crippen LogP contribution in [0.3, 0.4) is 0 Å². The van der Waals surface area contributed by atoms with Crippen molar-refractivity contribution in [1.29, 1.82) is 0 Å². The average Bonchev–Trinajstić information content (AvgIpc) is 2.94. The second kappa shape index (κ2) is 4.09. The molecule has 0 spiro atoms. The third-order valence-corrected chi connectivity index (χ3v) is 3.06. The maximum Gasteiger partial charge on any atom is 0.0588 e. The van der Waals surface area contributed by atoms with Gasteiger partial charge < -0.3 is 4.57 Å². The second-order valence-corrected chi connectivity index (χ2v) is 4.34. The SMILES string of the molecule is Cc1ccc2c(ccn2CCn2cccn2)c1. The van der Waals surface area contributed by atoms with Crippen LogP contribution in [0.5, 0.6) is 0 Å². The fourth-order valence-electron chi connectivity index (χ4n) is 2.16. The first-order valence-corrected chi connectivity index (χ1v) is 5.86. The molecule has 17 heavy (non-hydrogen) atoms. The van der Waals surface area contributed by atoms with Gasteiger partial charge in [0.1, 0.15) is 0 Å². The van der Waals surface area contributed by atoms with Gasteiger partial charge in [-0.25, -0.2) is 0 Å². The molecule has 0 atom stereocenters. The summed E-state index contributed by atoms with van der Waals surface area (Å²) in [5, 5.41) is 5.52. The normalized spacial score (nSPS) is 11.1. The number of rotatable bonds is 3. The van der Waals surface area contributed by atoms with Gasteiger partial charge in [-0.2, -0.15) is 5.10 Å². The fourth-order valence-corrected chi connectivity index (χ4v) is 2.16. The first-order chi connectivity index (χ1) is 8.33. The van der Waals surface area contributed by atoms with Crippen LogP contribution in [-0.4, -0.2) is 14.3 Å². The van der Waals surface area contributed by atoms with Gasteiger partial charge in [-0.3, -0.25) is 4.68 Å². The minimum absolute atomic E-state index is 0.907. The quantitative estimate of drug-likeness (QED) is 0.672. The molecule has 0 aliphatic heterocycles. The lowest BCUT2D eigenvalue weighted by Gasteiger charge is -2.06. The van der Waals surface area contributed by atoms with Crippen molar-refractivity contribution in [2.45, 2.75) is 20.0 Å². The van der Waals surface area contributed by atoms with E-state index in [0.717, 1.165) is 13.1 Å². The molecule has 0 unspecified atom stereocenters. The topological polar surface area (TPSA) is 22.8 Å². The molecule has 2 aromatic heterocycles. The Balaban J connectivity index is 1.86. The van der Waals surface area contributed by atoms with Gasteiger partial charge in [0.05, 0.1) is 6.54 Å². The van der Waals surface area contributed by atoms with Crippen LogP contribution in [0.4, 0.5) is 0 Å². The van der Waals surface area contributed by atoms with Gasteiger partial charge in [-0.15, -0.1) is 0 Å². The van der Waals surface area contributed by atoms with Gasteiger partial charge in [0.2, 0.25) is 0 Å². The number of nitrogens with zero attached hydrogens (tertiary/aromatic N) is 3. The van der Waals surface area contributed by atoms with Gasteiger partial charge in [0.25, 0.3) is 0 Å². The van der Waals surface area contributed by atoms with Gasteiger partial charge in [-0.05, 0) is 36.6 Å². The highest BCUT2D eigenvalue weighted by Gasteiger charge is 2.01. The highest BCUT2D eigenvalue weighted by molar-refractivity contribution is 5.80. The third kappa shape index (κ3) is 1.96. The Kier molecular flexibility index (Phi) is 2.44. The minimum Gasteiger partial charge on any atom is -0.346 e. The van der Waals surface area contributed by atoms with Crippen molar-refractivity contribution in [3.8, 4) is 0 Å². The first kappa shape index (κ1) is 10.1. The molecule has 0 saturated heterocycles. The molecule has 3 aromatic rings. The molecule has 0 amide bonds. The zero-order valence-electron chi connectivity index (χ0n) is 9.87. The van der Waals surface area contributed by atoms with Crippen molar-refractivity contribution in [2.75, 3.05) is 0 Å². The molecule has 2 heterocycles. The van der Waals surface area contributed by atoms with E-state index in [1.165, 1.54) is 16.5 Å². The molecule has 3 rings (SSSR count). The van der Waals surface area contributed by atoms with Crippen LogP contribution in [-0.2, 0) is 13.1 Å². The number of hydrogen-bond donors (Lipinski definition) is 0. The molecule has 0 radical (unpaired) electrons. The van der Waals surface area contributed by atoms with Crippen LogP contribution in [0.15, 0.2) is 48.9 Å². The molecule has 1 aromatic carbocycles. The van der Waals surface area contributed by atoms with E-state index in [2.05, 4.69) is 47.1 Å². The van der Waals surface area contributed by atoms with Crippen LogP contribution in [0, 0.1) is 6.92 Å². The van der Waals surface area contributed by atoms with Gasteiger partial charge in [-0.1, -0.05) is 11.6 Å². The summed E-state index contributed by atoms with van der Waals surface area (Å²) in [5.41, 5.74) is 2.60. The molecule has 0 aliphatic carbocycles. The van der Waals surface area contributed by atoms with Gasteiger partial charge in [0, 0.05) is 30.7 Å². The largest absolute Gasteiger partial charge is 0.346 e. The Morgan fingerprint density at radius 2 is 2.06 bits per heavy atom. The third-order valence-electron chi connectivity index (χ3n) is 3.06. The van der Waals surface area contributed by atoms with E-state index in [1.54, 1.807) is 0 Å². The predicted octanol–water partition coefficient (Wildman–Crippen LogP) is 2.85. The second-order valence-electron chi connectivity index (χ2n) is 4.34. The minimum atomic E-state index is 0.907. The number of benzene rings is 1. The maximum atomic E-state index is 4.21. The molecule has 0 bridgehead atoms. The van der Waals surface area contributed by atoms with Crippen LogP contribution >= 0.6 is 0 Å². The predicted molar refractivity (Wildman–Crippen MR) is 68.9 cm³/mol. The van der Waals surface area contributed by atoms with E-state index in [0.29, 0.717) is 0 Å². The van der Waals surface area contributed by atoms with Crippen LogP contribution in [0.1, 0.15) is 5.56 Å². The summed E-state index contributed by atoms with van der Waals surface area (Å²) >= 11 is 0. The smallest absolute Gasteiger partial charge is 0.0588 e. The molecular formula is C14H15N3. The number of fused-ring (bicyclic) bond motifs is 1. The van der Waals surface area contributed by atoms with E-state index in [-0.39, 0.29) is 0 Å². The molecule has 3 heteroatoms. The van der Waals surface area contributed by atoms with E-state index in [4.69, 9.17) is 0 Å². The summed E-state index contributed by atoms with van der Waals surface area (Å²) in [4.78, 5) is 0. The lowest BCUT2D eigenvalue weighted by atomic mass is 10.2. The van der Waals surface area contributed by atoms with Crippen molar-refractivity contribution >= 4 is 10.9 Å². The van der Waals surface area contributed by atoms with E-state index in [9.17, 15) is 0 Å². The highest BCUT2D eigenvalue weighted by Crippen LogP contribution is 2.17. The lowest BCUT2D eigenvalue weighted by molar-refractivity contribution is 0.543. The Morgan fingerprint density at radius 3 is 2.88 bits per heavy atom. The summed E-state index contributed by atoms with van der Waals surface area (Å²) in [5.74, 6) is 0. The standard InChI is InChI=1S/C14H15N3/c1-12-3-4-14-13(11-12)5-8-16(14)9-10-17-7-2-6-15-17/h2-8,11H,9-10H2,1H3. The zero-order chi connectivity index (χ0) is 11.7. The summed E-state index contributed by atoms with van der Waals surface area (Å²) in [6.45, 7) is 3.99. The van der Waals surface area contributed by atoms with Crippen molar-refractivity contribution in [3.63, 3.8) is 0 Å². The van der Waals surface area contributed by atoms with Crippen LogP contribution in [0.2, 0.25) is 0 Å². The number of aryl methyl sites for hydroxylation is 3. The molecule has 0 aliphatic rings. The maximum absolute atomic E-state index is 4.21. The average molecular weight is 225 g/mol. The Hall–Kier alpha value is -2.03. The number of aromatic nitrogens is 3. The lowest BCUT2D eigenvalue weighted by Crippen LogP contribution is -2.06. The summed E-state index contributed by atoms with van der Waals surface area (Å²) in [6.07, 6.45) is 5.96. The molecule has 3 nitrogen and oxygen atoms in total. The Labute approximate surface area is 100 Å². The van der Waals surface area contributed by atoms with Crippen LogP contribution < -0.4 is 0 Å². The highest BCUT2D eigenvalue weighted by atomic mass is 15.3. The Morgan fingerprint density at radius 1 is 1.12 bits per heavy atom. The van der Waals surface area contributed by atoms with Crippen molar-refractivity contribution in [3.05, 3.63) is 54.5 Å². The fraction of sp³-hybridized carbons (Fsp3) is 0.214. The van der Waals surface area contributed by atoms with E-state index in [1.807, 2.05) is 23.1 Å². The van der Waals surface area contributed by atoms with Gasteiger partial charge >= 0.3 is 0 Å². The molecule has 0 saturated carbocycles. The summed E-state index contributed by atoms with van der Waals surface area (Å²) in [7, 11) is 0. The van der Waals surface area contributed by atoms with Crippen LogP contribution in [0.25, 0.3) is 10.9 Å². The summed E-state index contributed by atoms with van der Waals surface area (Å²) in [6, 6.07) is 10.7. The molecule has 0 N–H and O–H groups in total. The Bertz CT molecular complexity index is 620. The van der Waals surface area contributed by atoms with Crippen molar-refractivity contribution in [2.24, 2.45) is 0 Å². The zero-order valence-corrected chi connectivity index (χ0v) is 9.87. The van der Waals surface area contributed by atoms with E-state index >= 15 is 0 Å². The number of hydrogen-bond acceptors (Lipinski definition) is 1. The van der Waals surface area contributed by atoms with E-state index < -0.39 is 0 Å². The molecule has 86 valence electrons. The van der Waals surface area contributed by atoms with Crippen molar-refractivity contribution < 1.29 is 0 Å². The first-order valence-electron chi connectivity index (χ1n) is 5.86.